The third kappa shape index (κ3) is 3.32. The molecule has 0 fully saturated rings. The maximum Gasteiger partial charge on any atom is 0.305 e. The molecule has 4 nitrogen and oxygen atoms in total. The summed E-state index contributed by atoms with van der Waals surface area (Å²) in [6.45, 7) is 1.86. The van der Waals surface area contributed by atoms with E-state index in [4.69, 9.17) is 5.11 Å². The van der Waals surface area contributed by atoms with Gasteiger partial charge in [0, 0.05) is 10.7 Å². The molecule has 0 saturated heterocycles. The molecule has 0 spiro atoms. The Bertz CT molecular complexity index is 573. The Hall–Kier alpha value is -1.88. The van der Waals surface area contributed by atoms with Crippen molar-refractivity contribution in [2.45, 2.75) is 25.8 Å². The number of carbonyl (C=O) groups excluding carboxylic acids is 1. The third-order valence-corrected chi connectivity index (χ3v) is 4.01. The van der Waals surface area contributed by atoms with Gasteiger partial charge in [-0.25, -0.2) is 0 Å². The molecule has 1 aromatic carbocycles. The Morgan fingerprint density at radius 3 is 2.74 bits per heavy atom. The first-order chi connectivity index (χ1) is 9.10. The fraction of sp³-hybridized carbons (Fsp3) is 0.286. The highest BCUT2D eigenvalue weighted by Crippen LogP contribution is 2.25. The van der Waals surface area contributed by atoms with Gasteiger partial charge in [-0.05, 0) is 23.9 Å². The van der Waals surface area contributed by atoms with E-state index in [1.54, 1.807) is 0 Å². The van der Waals surface area contributed by atoms with Crippen molar-refractivity contribution < 1.29 is 14.7 Å². The minimum absolute atomic E-state index is 0.0485. The predicted octanol–water partition coefficient (Wildman–Crippen LogP) is 2.88. The van der Waals surface area contributed by atoms with Crippen LogP contribution in [0.5, 0.6) is 0 Å². The fourth-order valence-electron chi connectivity index (χ4n) is 1.86. The molecule has 0 aliphatic heterocycles. The van der Waals surface area contributed by atoms with E-state index >= 15 is 0 Å². The Labute approximate surface area is 115 Å². The Morgan fingerprint density at radius 1 is 1.37 bits per heavy atom. The lowest BCUT2D eigenvalue weighted by Gasteiger charge is -2.13. The van der Waals surface area contributed by atoms with E-state index < -0.39 is 5.97 Å². The quantitative estimate of drug-likeness (QED) is 0.883. The second kappa shape index (κ2) is 5.84. The second-order valence-electron chi connectivity index (χ2n) is 4.32. The molecule has 0 bridgehead atoms. The Morgan fingerprint density at radius 2 is 2.11 bits per heavy atom. The van der Waals surface area contributed by atoms with Crippen LogP contribution in [0.3, 0.4) is 0 Å². The summed E-state index contributed by atoms with van der Waals surface area (Å²) < 4.78 is 1.05. The van der Waals surface area contributed by atoms with Crippen LogP contribution >= 0.6 is 11.3 Å². The zero-order valence-electron chi connectivity index (χ0n) is 10.6. The number of hydrogen-bond donors (Lipinski definition) is 2. The van der Waals surface area contributed by atoms with E-state index in [9.17, 15) is 9.59 Å². The van der Waals surface area contributed by atoms with Crippen molar-refractivity contribution in [2.75, 3.05) is 0 Å². The predicted molar refractivity (Wildman–Crippen MR) is 75.6 cm³/mol. The number of thiophene rings is 1. The number of nitrogens with one attached hydrogen (secondary N) is 1. The topological polar surface area (TPSA) is 66.4 Å². The van der Waals surface area contributed by atoms with Crippen LogP contribution < -0.4 is 5.32 Å². The third-order valence-electron chi connectivity index (χ3n) is 2.90. The number of amides is 1. The van der Waals surface area contributed by atoms with Gasteiger partial charge in [-0.3, -0.25) is 9.59 Å². The van der Waals surface area contributed by atoms with Gasteiger partial charge in [0.25, 0.3) is 5.91 Å². The summed E-state index contributed by atoms with van der Waals surface area (Å²) in [5, 5.41) is 12.6. The van der Waals surface area contributed by atoms with E-state index in [0.717, 1.165) is 10.1 Å². The molecule has 2 aromatic rings. The van der Waals surface area contributed by atoms with E-state index in [0.29, 0.717) is 11.3 Å². The van der Waals surface area contributed by atoms with Gasteiger partial charge in [-0.2, -0.15) is 0 Å². The molecular weight excluding hydrogens is 262 g/mol. The van der Waals surface area contributed by atoms with Crippen LogP contribution in [0, 0.1) is 0 Å². The molecule has 19 heavy (non-hydrogen) atoms. The van der Waals surface area contributed by atoms with E-state index in [2.05, 4.69) is 5.32 Å². The number of rotatable bonds is 5. The summed E-state index contributed by atoms with van der Waals surface area (Å²) in [6.07, 6.45) is 0.552. The first-order valence-electron chi connectivity index (χ1n) is 6.11. The van der Waals surface area contributed by atoms with Crippen LogP contribution in [0.15, 0.2) is 30.3 Å². The van der Waals surface area contributed by atoms with Gasteiger partial charge in [0.1, 0.15) is 0 Å². The zero-order chi connectivity index (χ0) is 13.8. The van der Waals surface area contributed by atoms with Gasteiger partial charge in [-0.15, -0.1) is 11.3 Å². The summed E-state index contributed by atoms with van der Waals surface area (Å²) in [5.41, 5.74) is 0. The summed E-state index contributed by atoms with van der Waals surface area (Å²) in [5.74, 6) is -1.10. The van der Waals surface area contributed by atoms with Crippen molar-refractivity contribution in [3.63, 3.8) is 0 Å². The van der Waals surface area contributed by atoms with Crippen molar-refractivity contribution in [2.24, 2.45) is 0 Å². The number of hydrogen-bond acceptors (Lipinski definition) is 3. The minimum atomic E-state index is -0.900. The molecule has 0 radical (unpaired) electrons. The number of aliphatic carboxylic acids is 1. The first kappa shape index (κ1) is 13.5. The fourth-order valence-corrected chi connectivity index (χ4v) is 2.82. The minimum Gasteiger partial charge on any atom is -0.481 e. The van der Waals surface area contributed by atoms with Crippen LogP contribution in [0.2, 0.25) is 0 Å². The highest BCUT2D eigenvalue weighted by molar-refractivity contribution is 7.20. The molecule has 1 amide bonds. The van der Waals surface area contributed by atoms with E-state index in [1.807, 2.05) is 37.3 Å². The molecule has 1 heterocycles. The smallest absolute Gasteiger partial charge is 0.305 e. The average molecular weight is 277 g/mol. The Kier molecular flexibility index (Phi) is 4.16. The monoisotopic (exact) mass is 277 g/mol. The lowest BCUT2D eigenvalue weighted by molar-refractivity contribution is -0.137. The van der Waals surface area contributed by atoms with Crippen LogP contribution in [0.1, 0.15) is 29.4 Å². The van der Waals surface area contributed by atoms with Gasteiger partial charge in [0.05, 0.1) is 11.3 Å². The molecular formula is C14H15NO3S. The normalized spacial score (nSPS) is 12.3. The van der Waals surface area contributed by atoms with Crippen LogP contribution in [-0.4, -0.2) is 23.0 Å². The van der Waals surface area contributed by atoms with Crippen LogP contribution in [0.25, 0.3) is 10.1 Å². The molecule has 1 unspecified atom stereocenters. The average Bonchev–Trinajstić information content (AvgIpc) is 2.81. The summed E-state index contributed by atoms with van der Waals surface area (Å²) in [6, 6.07) is 9.29. The molecule has 100 valence electrons. The summed E-state index contributed by atoms with van der Waals surface area (Å²) in [7, 11) is 0. The van der Waals surface area contributed by atoms with Crippen molar-refractivity contribution in [3.05, 3.63) is 35.2 Å². The largest absolute Gasteiger partial charge is 0.481 e. The van der Waals surface area contributed by atoms with Crippen molar-refractivity contribution >= 4 is 33.3 Å². The van der Waals surface area contributed by atoms with E-state index in [1.165, 1.54) is 11.3 Å². The first-order valence-corrected chi connectivity index (χ1v) is 6.93. The molecule has 1 atom stereocenters. The number of fused-ring (bicyclic) bond motifs is 1. The van der Waals surface area contributed by atoms with Gasteiger partial charge in [-0.1, -0.05) is 25.1 Å². The van der Waals surface area contributed by atoms with Crippen LogP contribution in [0.4, 0.5) is 0 Å². The Balaban J connectivity index is 2.12. The number of carbonyl (C=O) groups is 2. The highest BCUT2D eigenvalue weighted by atomic mass is 32.1. The standard InChI is InChI=1S/C14H15NO3S/c1-2-10(8-13(16)17)15-14(18)12-7-9-5-3-4-6-11(9)19-12/h3-7,10H,2,8H2,1H3,(H,15,18)(H,16,17). The SMILES string of the molecule is CCC(CC(=O)O)NC(=O)c1cc2ccccc2s1. The summed E-state index contributed by atoms with van der Waals surface area (Å²) >= 11 is 1.42. The number of carboxylic acids is 1. The molecule has 0 saturated carbocycles. The maximum absolute atomic E-state index is 12.1. The van der Waals surface area contributed by atoms with E-state index in [-0.39, 0.29) is 18.4 Å². The van der Waals surface area contributed by atoms with Crippen molar-refractivity contribution in [1.82, 2.24) is 5.32 Å². The maximum atomic E-state index is 12.1. The molecule has 5 heteroatoms. The lowest BCUT2D eigenvalue weighted by Crippen LogP contribution is -2.35. The number of benzene rings is 1. The van der Waals surface area contributed by atoms with Gasteiger partial charge in [0.15, 0.2) is 0 Å². The van der Waals surface area contributed by atoms with Gasteiger partial charge < -0.3 is 10.4 Å². The lowest BCUT2D eigenvalue weighted by atomic mass is 10.1. The van der Waals surface area contributed by atoms with Gasteiger partial charge >= 0.3 is 5.97 Å². The second-order valence-corrected chi connectivity index (χ2v) is 5.41. The molecule has 0 aliphatic carbocycles. The summed E-state index contributed by atoms with van der Waals surface area (Å²) in [4.78, 5) is 23.4. The zero-order valence-corrected chi connectivity index (χ0v) is 11.4. The number of carboxylic acid groups (broad SMARTS) is 1. The highest BCUT2D eigenvalue weighted by Gasteiger charge is 2.16. The molecule has 2 rings (SSSR count). The van der Waals surface area contributed by atoms with Gasteiger partial charge in [0.2, 0.25) is 0 Å². The molecule has 0 aliphatic rings. The van der Waals surface area contributed by atoms with Crippen molar-refractivity contribution in [3.8, 4) is 0 Å². The van der Waals surface area contributed by atoms with Crippen molar-refractivity contribution in [1.29, 1.82) is 0 Å². The molecule has 2 N–H and O–H groups in total. The van der Waals surface area contributed by atoms with Crippen LogP contribution in [-0.2, 0) is 4.79 Å². The molecule has 1 aromatic heterocycles.